The van der Waals surface area contributed by atoms with Gasteiger partial charge in [0.1, 0.15) is 0 Å². The quantitative estimate of drug-likeness (QED) is 0.813. The molecule has 18 heavy (non-hydrogen) atoms. The standard InChI is InChI=1S/C14H20BrNO2/c1-10-4-12(15)6-13(5-10)16-7-14(17)9-18-8-11-2-3-11/h4-6,11,14,16-17H,2-3,7-9H2,1H3. The number of ether oxygens (including phenoxy) is 1. The lowest BCUT2D eigenvalue weighted by Crippen LogP contribution is -2.25. The van der Waals surface area contributed by atoms with E-state index >= 15 is 0 Å². The maximum absolute atomic E-state index is 9.78. The van der Waals surface area contributed by atoms with Crippen LogP contribution in [0.3, 0.4) is 0 Å². The highest BCUT2D eigenvalue weighted by Gasteiger charge is 2.21. The minimum Gasteiger partial charge on any atom is -0.389 e. The zero-order valence-electron chi connectivity index (χ0n) is 10.7. The van der Waals surface area contributed by atoms with Gasteiger partial charge in [-0.1, -0.05) is 15.9 Å². The molecule has 1 aromatic carbocycles. The number of hydrogen-bond donors (Lipinski definition) is 2. The summed E-state index contributed by atoms with van der Waals surface area (Å²) in [5.41, 5.74) is 2.20. The van der Waals surface area contributed by atoms with Gasteiger partial charge in [0, 0.05) is 23.3 Å². The minimum atomic E-state index is -0.456. The largest absolute Gasteiger partial charge is 0.389 e. The van der Waals surface area contributed by atoms with Crippen LogP contribution >= 0.6 is 15.9 Å². The van der Waals surface area contributed by atoms with E-state index in [2.05, 4.69) is 33.4 Å². The number of halogens is 1. The van der Waals surface area contributed by atoms with Crippen LogP contribution < -0.4 is 5.32 Å². The number of rotatable bonds is 7. The van der Waals surface area contributed by atoms with Crippen molar-refractivity contribution < 1.29 is 9.84 Å². The van der Waals surface area contributed by atoms with Gasteiger partial charge in [0.25, 0.3) is 0 Å². The van der Waals surface area contributed by atoms with Crippen LogP contribution in [0.1, 0.15) is 18.4 Å². The van der Waals surface area contributed by atoms with E-state index in [-0.39, 0.29) is 0 Å². The van der Waals surface area contributed by atoms with Crippen LogP contribution in [-0.2, 0) is 4.74 Å². The van der Waals surface area contributed by atoms with Gasteiger partial charge in [-0.15, -0.1) is 0 Å². The van der Waals surface area contributed by atoms with E-state index in [1.54, 1.807) is 0 Å². The second kappa shape index (κ2) is 6.55. The van der Waals surface area contributed by atoms with Crippen molar-refractivity contribution in [2.24, 2.45) is 5.92 Å². The van der Waals surface area contributed by atoms with Crippen molar-refractivity contribution in [1.82, 2.24) is 0 Å². The molecule has 100 valence electrons. The van der Waals surface area contributed by atoms with E-state index in [9.17, 15) is 5.11 Å². The number of nitrogens with one attached hydrogen (secondary N) is 1. The number of aliphatic hydroxyl groups is 1. The van der Waals surface area contributed by atoms with Crippen LogP contribution in [0.15, 0.2) is 22.7 Å². The summed E-state index contributed by atoms with van der Waals surface area (Å²) in [6.07, 6.45) is 2.11. The van der Waals surface area contributed by atoms with E-state index in [1.807, 2.05) is 13.0 Å². The molecule has 0 saturated heterocycles. The SMILES string of the molecule is Cc1cc(Br)cc(NCC(O)COCC2CC2)c1. The number of anilines is 1. The molecule has 3 nitrogen and oxygen atoms in total. The first-order chi connectivity index (χ1) is 8.63. The normalized spacial score (nSPS) is 16.6. The fourth-order valence-electron chi connectivity index (χ4n) is 1.79. The van der Waals surface area contributed by atoms with Crippen LogP contribution in [0.4, 0.5) is 5.69 Å². The summed E-state index contributed by atoms with van der Waals surface area (Å²) in [6, 6.07) is 6.12. The molecule has 2 rings (SSSR count). The molecule has 2 N–H and O–H groups in total. The second-order valence-electron chi connectivity index (χ2n) is 5.03. The first-order valence-electron chi connectivity index (χ1n) is 6.40. The molecule has 0 radical (unpaired) electrons. The third-order valence-electron chi connectivity index (χ3n) is 2.94. The lowest BCUT2D eigenvalue weighted by atomic mass is 10.2. The molecule has 0 aromatic heterocycles. The van der Waals surface area contributed by atoms with Gasteiger partial charge >= 0.3 is 0 Å². The first-order valence-corrected chi connectivity index (χ1v) is 7.19. The van der Waals surface area contributed by atoms with Crippen LogP contribution in [-0.4, -0.2) is 31.0 Å². The van der Waals surface area contributed by atoms with Crippen molar-refractivity contribution in [3.05, 3.63) is 28.2 Å². The van der Waals surface area contributed by atoms with Crippen molar-refractivity contribution in [2.75, 3.05) is 25.1 Å². The highest BCUT2D eigenvalue weighted by molar-refractivity contribution is 9.10. The van der Waals surface area contributed by atoms with E-state index in [1.165, 1.54) is 18.4 Å². The molecule has 0 bridgehead atoms. The van der Waals surface area contributed by atoms with Crippen LogP contribution in [0.25, 0.3) is 0 Å². The average Bonchev–Trinajstić information content (AvgIpc) is 3.09. The lowest BCUT2D eigenvalue weighted by Gasteiger charge is -2.13. The summed E-state index contributed by atoms with van der Waals surface area (Å²) in [4.78, 5) is 0. The average molecular weight is 314 g/mol. The van der Waals surface area contributed by atoms with Crippen molar-refractivity contribution in [2.45, 2.75) is 25.9 Å². The highest BCUT2D eigenvalue weighted by Crippen LogP contribution is 2.28. The molecule has 1 aromatic rings. The zero-order chi connectivity index (χ0) is 13.0. The summed E-state index contributed by atoms with van der Waals surface area (Å²) in [7, 11) is 0. The predicted molar refractivity (Wildman–Crippen MR) is 76.9 cm³/mol. The molecule has 4 heteroatoms. The maximum atomic E-state index is 9.78. The van der Waals surface area contributed by atoms with Crippen molar-refractivity contribution in [1.29, 1.82) is 0 Å². The third-order valence-corrected chi connectivity index (χ3v) is 3.40. The Labute approximate surface area is 117 Å². The van der Waals surface area contributed by atoms with Crippen LogP contribution in [0.2, 0.25) is 0 Å². The molecular formula is C14H20BrNO2. The molecule has 1 atom stereocenters. The molecule has 1 fully saturated rings. The van der Waals surface area contributed by atoms with Crippen LogP contribution in [0.5, 0.6) is 0 Å². The van der Waals surface area contributed by atoms with Crippen LogP contribution in [0, 0.1) is 12.8 Å². The summed E-state index contributed by atoms with van der Waals surface area (Å²) in [5.74, 6) is 0.748. The Morgan fingerprint density at radius 1 is 1.44 bits per heavy atom. The van der Waals surface area contributed by atoms with E-state index in [0.717, 1.165) is 22.7 Å². The molecule has 1 unspecified atom stereocenters. The van der Waals surface area contributed by atoms with Gasteiger partial charge in [0.05, 0.1) is 12.7 Å². The van der Waals surface area contributed by atoms with Gasteiger partial charge in [0.15, 0.2) is 0 Å². The maximum Gasteiger partial charge on any atom is 0.0945 e. The monoisotopic (exact) mass is 313 g/mol. The van der Waals surface area contributed by atoms with E-state index in [4.69, 9.17) is 4.74 Å². The molecule has 1 aliphatic carbocycles. The summed E-state index contributed by atoms with van der Waals surface area (Å²) < 4.78 is 6.50. The van der Waals surface area contributed by atoms with Crippen molar-refractivity contribution >= 4 is 21.6 Å². The first kappa shape index (κ1) is 13.8. The molecule has 0 amide bonds. The number of hydrogen-bond acceptors (Lipinski definition) is 3. The molecule has 0 aliphatic heterocycles. The molecule has 1 saturated carbocycles. The Morgan fingerprint density at radius 2 is 2.22 bits per heavy atom. The van der Waals surface area contributed by atoms with E-state index in [0.29, 0.717) is 13.2 Å². The highest BCUT2D eigenvalue weighted by atomic mass is 79.9. The Bertz CT molecular complexity index is 373. The van der Waals surface area contributed by atoms with E-state index < -0.39 is 6.10 Å². The van der Waals surface area contributed by atoms with Crippen molar-refractivity contribution in [3.8, 4) is 0 Å². The summed E-state index contributed by atoms with van der Waals surface area (Å²) >= 11 is 3.46. The fourth-order valence-corrected chi connectivity index (χ4v) is 2.40. The van der Waals surface area contributed by atoms with Gasteiger partial charge in [0.2, 0.25) is 0 Å². The molecular weight excluding hydrogens is 294 g/mol. The van der Waals surface area contributed by atoms with Gasteiger partial charge in [-0.3, -0.25) is 0 Å². The Hall–Kier alpha value is -0.580. The number of benzene rings is 1. The second-order valence-corrected chi connectivity index (χ2v) is 5.95. The Morgan fingerprint density at radius 3 is 2.89 bits per heavy atom. The smallest absolute Gasteiger partial charge is 0.0945 e. The summed E-state index contributed by atoms with van der Waals surface area (Å²) in [5, 5.41) is 13.0. The zero-order valence-corrected chi connectivity index (χ0v) is 12.2. The molecule has 0 spiro atoms. The van der Waals surface area contributed by atoms with Gasteiger partial charge in [-0.25, -0.2) is 0 Å². The fraction of sp³-hybridized carbons (Fsp3) is 0.571. The van der Waals surface area contributed by atoms with Crippen molar-refractivity contribution in [3.63, 3.8) is 0 Å². The van der Waals surface area contributed by atoms with Gasteiger partial charge in [-0.2, -0.15) is 0 Å². The predicted octanol–water partition coefficient (Wildman–Crippen LogP) is 2.96. The Balaban J connectivity index is 1.68. The number of aliphatic hydroxyl groups excluding tert-OH is 1. The topological polar surface area (TPSA) is 41.5 Å². The number of aryl methyl sites for hydroxylation is 1. The third kappa shape index (κ3) is 4.96. The minimum absolute atomic E-state index is 0.413. The molecule has 1 aliphatic rings. The Kier molecular flexibility index (Phi) is 5.03. The lowest BCUT2D eigenvalue weighted by molar-refractivity contribution is 0.0386. The van der Waals surface area contributed by atoms with Gasteiger partial charge in [-0.05, 0) is 49.4 Å². The summed E-state index contributed by atoms with van der Waals surface area (Å²) in [6.45, 7) is 3.77. The van der Waals surface area contributed by atoms with Gasteiger partial charge < -0.3 is 15.2 Å². The molecule has 0 heterocycles.